The third kappa shape index (κ3) is 2.02. The summed E-state index contributed by atoms with van der Waals surface area (Å²) in [5, 5.41) is 3.70. The number of ether oxygens (including phenoxy) is 1. The standard InChI is InChI=1S/C10H19NO2S/c1-7-6-9-10(8(2)13-7)14(12)5-3-4-11-9/h7-11H,3-6H2,1-2H3. The lowest BCUT2D eigenvalue weighted by Crippen LogP contribution is -2.53. The first-order valence-electron chi connectivity index (χ1n) is 5.44. The normalized spacial score (nSPS) is 49.4. The summed E-state index contributed by atoms with van der Waals surface area (Å²) in [6.07, 6.45) is 2.46. The number of hydrogen-bond acceptors (Lipinski definition) is 3. The molecule has 5 atom stereocenters. The van der Waals surface area contributed by atoms with Crippen LogP contribution in [0.2, 0.25) is 0 Å². The summed E-state index contributed by atoms with van der Waals surface area (Å²) in [4.78, 5) is 0. The lowest BCUT2D eigenvalue weighted by Gasteiger charge is -2.38. The summed E-state index contributed by atoms with van der Waals surface area (Å²) in [5.74, 6) is 0.830. The van der Waals surface area contributed by atoms with E-state index in [0.29, 0.717) is 12.1 Å². The van der Waals surface area contributed by atoms with Crippen LogP contribution in [0.1, 0.15) is 26.7 Å². The molecule has 2 aliphatic rings. The molecular weight excluding hydrogens is 198 g/mol. The van der Waals surface area contributed by atoms with Crippen molar-refractivity contribution in [1.82, 2.24) is 5.32 Å². The highest BCUT2D eigenvalue weighted by atomic mass is 32.2. The van der Waals surface area contributed by atoms with Crippen molar-refractivity contribution < 1.29 is 8.95 Å². The van der Waals surface area contributed by atoms with Gasteiger partial charge in [0.25, 0.3) is 0 Å². The average Bonchev–Trinajstić information content (AvgIpc) is 2.27. The van der Waals surface area contributed by atoms with Crippen molar-refractivity contribution in [3.8, 4) is 0 Å². The van der Waals surface area contributed by atoms with Gasteiger partial charge in [-0.25, -0.2) is 0 Å². The number of rotatable bonds is 0. The number of fused-ring (bicyclic) bond motifs is 1. The van der Waals surface area contributed by atoms with Gasteiger partial charge in [-0.15, -0.1) is 0 Å². The predicted octanol–water partition coefficient (Wildman–Crippen LogP) is 0.663. The Morgan fingerprint density at radius 2 is 2.21 bits per heavy atom. The van der Waals surface area contributed by atoms with E-state index in [0.717, 1.165) is 25.1 Å². The maximum atomic E-state index is 12.0. The summed E-state index contributed by atoms with van der Waals surface area (Å²) in [6, 6.07) is 0.400. The number of hydrogen-bond donors (Lipinski definition) is 1. The van der Waals surface area contributed by atoms with E-state index in [9.17, 15) is 4.21 Å². The van der Waals surface area contributed by atoms with E-state index < -0.39 is 10.8 Å². The Kier molecular flexibility index (Phi) is 3.24. The fourth-order valence-electron chi connectivity index (χ4n) is 2.55. The Labute approximate surface area is 88.0 Å². The van der Waals surface area contributed by atoms with E-state index in [4.69, 9.17) is 4.74 Å². The molecule has 0 bridgehead atoms. The van der Waals surface area contributed by atoms with E-state index in [2.05, 4.69) is 19.2 Å². The SMILES string of the molecule is CC1CC2NCCCS(=O)C2C(C)O1. The Morgan fingerprint density at radius 3 is 3.00 bits per heavy atom. The highest BCUT2D eigenvalue weighted by Gasteiger charge is 2.39. The van der Waals surface area contributed by atoms with E-state index in [1.165, 1.54) is 0 Å². The minimum atomic E-state index is -0.707. The summed E-state index contributed by atoms with van der Waals surface area (Å²) >= 11 is 0. The summed E-state index contributed by atoms with van der Waals surface area (Å²) in [7, 11) is -0.707. The van der Waals surface area contributed by atoms with Gasteiger partial charge in [0.05, 0.1) is 17.5 Å². The molecule has 0 radical (unpaired) electrons. The third-order valence-corrected chi connectivity index (χ3v) is 5.13. The molecule has 0 spiro atoms. The Bertz CT molecular complexity index is 234. The van der Waals surface area contributed by atoms with E-state index in [1.807, 2.05) is 0 Å². The maximum absolute atomic E-state index is 12.0. The van der Waals surface area contributed by atoms with E-state index >= 15 is 0 Å². The van der Waals surface area contributed by atoms with Crippen LogP contribution in [0, 0.1) is 0 Å². The first-order valence-corrected chi connectivity index (χ1v) is 6.82. The van der Waals surface area contributed by atoms with Gasteiger partial charge in [0.15, 0.2) is 0 Å². The molecule has 2 aliphatic heterocycles. The molecule has 14 heavy (non-hydrogen) atoms. The van der Waals surface area contributed by atoms with Crippen LogP contribution in [0.4, 0.5) is 0 Å². The van der Waals surface area contributed by atoms with E-state index in [-0.39, 0.29) is 11.4 Å². The molecule has 2 fully saturated rings. The minimum Gasteiger partial charge on any atom is -0.374 e. The Hall–Kier alpha value is 0.0700. The quantitative estimate of drug-likeness (QED) is 0.648. The molecule has 1 N–H and O–H groups in total. The smallest absolute Gasteiger partial charge is 0.0761 e. The van der Waals surface area contributed by atoms with Crippen molar-refractivity contribution in [1.29, 1.82) is 0 Å². The van der Waals surface area contributed by atoms with Gasteiger partial charge >= 0.3 is 0 Å². The fourth-order valence-corrected chi connectivity index (χ4v) is 4.32. The molecule has 0 aromatic heterocycles. The largest absolute Gasteiger partial charge is 0.374 e. The van der Waals surface area contributed by atoms with Crippen LogP contribution >= 0.6 is 0 Å². The van der Waals surface area contributed by atoms with Crippen molar-refractivity contribution in [3.05, 3.63) is 0 Å². The zero-order valence-electron chi connectivity index (χ0n) is 8.86. The molecular formula is C10H19NO2S. The zero-order valence-corrected chi connectivity index (χ0v) is 9.68. The lowest BCUT2D eigenvalue weighted by molar-refractivity contribution is -0.0374. The molecule has 0 saturated carbocycles. The molecule has 2 heterocycles. The Balaban J connectivity index is 2.14. The van der Waals surface area contributed by atoms with Crippen molar-refractivity contribution in [2.45, 2.75) is 50.2 Å². The van der Waals surface area contributed by atoms with Crippen LogP contribution in [0.15, 0.2) is 0 Å². The second-order valence-electron chi connectivity index (χ2n) is 4.35. The van der Waals surface area contributed by atoms with Crippen molar-refractivity contribution >= 4 is 10.8 Å². The highest BCUT2D eigenvalue weighted by Crippen LogP contribution is 2.25. The van der Waals surface area contributed by atoms with Gasteiger partial charge in [0.2, 0.25) is 0 Å². The first kappa shape index (κ1) is 10.6. The molecule has 0 aromatic carbocycles. The van der Waals surface area contributed by atoms with Crippen LogP contribution in [0.5, 0.6) is 0 Å². The predicted molar refractivity (Wildman–Crippen MR) is 57.8 cm³/mol. The van der Waals surface area contributed by atoms with Crippen LogP contribution in [-0.4, -0.2) is 40.0 Å². The van der Waals surface area contributed by atoms with Crippen molar-refractivity contribution in [2.75, 3.05) is 12.3 Å². The van der Waals surface area contributed by atoms with Gasteiger partial charge in [-0.3, -0.25) is 4.21 Å². The third-order valence-electron chi connectivity index (χ3n) is 3.12. The summed E-state index contributed by atoms with van der Waals surface area (Å²) in [5.41, 5.74) is 0. The molecule has 82 valence electrons. The van der Waals surface area contributed by atoms with Crippen LogP contribution in [0.3, 0.4) is 0 Å². The monoisotopic (exact) mass is 217 g/mol. The molecule has 5 unspecified atom stereocenters. The Morgan fingerprint density at radius 1 is 1.43 bits per heavy atom. The van der Waals surface area contributed by atoms with Gasteiger partial charge in [0, 0.05) is 22.6 Å². The second kappa shape index (κ2) is 4.29. The molecule has 4 heteroatoms. The summed E-state index contributed by atoms with van der Waals surface area (Å²) in [6.45, 7) is 5.16. The first-order chi connectivity index (χ1) is 6.68. The van der Waals surface area contributed by atoms with Gasteiger partial charge in [0.1, 0.15) is 0 Å². The topological polar surface area (TPSA) is 38.3 Å². The van der Waals surface area contributed by atoms with Crippen LogP contribution < -0.4 is 5.32 Å². The zero-order chi connectivity index (χ0) is 10.1. The minimum absolute atomic E-state index is 0.134. The number of nitrogens with one attached hydrogen (secondary N) is 1. The van der Waals surface area contributed by atoms with E-state index in [1.54, 1.807) is 0 Å². The van der Waals surface area contributed by atoms with Crippen molar-refractivity contribution in [2.24, 2.45) is 0 Å². The van der Waals surface area contributed by atoms with Crippen LogP contribution in [-0.2, 0) is 15.5 Å². The molecule has 0 aromatic rings. The average molecular weight is 217 g/mol. The maximum Gasteiger partial charge on any atom is 0.0761 e. The highest BCUT2D eigenvalue weighted by molar-refractivity contribution is 7.85. The second-order valence-corrected chi connectivity index (χ2v) is 6.07. The molecule has 2 rings (SSSR count). The molecule has 2 saturated heterocycles. The van der Waals surface area contributed by atoms with Gasteiger partial charge in [-0.2, -0.15) is 0 Å². The van der Waals surface area contributed by atoms with Gasteiger partial charge in [-0.05, 0) is 33.2 Å². The lowest BCUT2D eigenvalue weighted by atomic mass is 9.99. The van der Waals surface area contributed by atoms with Crippen molar-refractivity contribution in [3.63, 3.8) is 0 Å². The molecule has 0 amide bonds. The van der Waals surface area contributed by atoms with Crippen LogP contribution in [0.25, 0.3) is 0 Å². The molecule has 3 nitrogen and oxygen atoms in total. The van der Waals surface area contributed by atoms with Gasteiger partial charge < -0.3 is 10.1 Å². The van der Waals surface area contributed by atoms with Gasteiger partial charge in [-0.1, -0.05) is 0 Å². The summed E-state index contributed by atoms with van der Waals surface area (Å²) < 4.78 is 17.7. The molecule has 0 aliphatic carbocycles. The fraction of sp³-hybridized carbons (Fsp3) is 1.00.